The van der Waals surface area contributed by atoms with E-state index >= 15 is 0 Å². The van der Waals surface area contributed by atoms with Crippen LogP contribution in [0.5, 0.6) is 5.88 Å². The van der Waals surface area contributed by atoms with E-state index in [2.05, 4.69) is 10.3 Å². The molecule has 0 aliphatic carbocycles. The molecular formula is C30H40ClN5O4. The average Bonchev–Trinajstić information content (AvgIpc) is 3.12. The number of likely N-dealkylation sites (N-methyl/N-ethyl adjacent to an activating group) is 1. The van der Waals surface area contributed by atoms with Crippen LogP contribution in [0.25, 0.3) is 5.69 Å². The number of para-hydroxylation sites is 1. The van der Waals surface area contributed by atoms with Crippen molar-refractivity contribution in [2.45, 2.75) is 52.9 Å². The normalized spacial score (nSPS) is 12.4. The van der Waals surface area contributed by atoms with Crippen LogP contribution in [0.1, 0.15) is 68.9 Å². The van der Waals surface area contributed by atoms with Crippen LogP contribution in [0.2, 0.25) is 5.02 Å². The van der Waals surface area contributed by atoms with Gasteiger partial charge in [-0.1, -0.05) is 50.6 Å². The van der Waals surface area contributed by atoms with E-state index in [4.69, 9.17) is 16.3 Å². The van der Waals surface area contributed by atoms with Crippen LogP contribution in [-0.4, -0.2) is 58.2 Å². The molecule has 0 bridgehead atoms. The number of benzene rings is 1. The van der Waals surface area contributed by atoms with Crippen molar-refractivity contribution >= 4 is 29.0 Å². The van der Waals surface area contributed by atoms with Crippen LogP contribution in [0.15, 0.2) is 47.4 Å². The van der Waals surface area contributed by atoms with Crippen LogP contribution in [0, 0.1) is 5.41 Å². The summed E-state index contributed by atoms with van der Waals surface area (Å²) in [5.41, 5.74) is 1.28. The topological polar surface area (TPSA) is 98.5 Å². The summed E-state index contributed by atoms with van der Waals surface area (Å²) in [7, 11) is 5.78. The van der Waals surface area contributed by atoms with Crippen LogP contribution >= 0.6 is 11.6 Å². The Labute approximate surface area is 241 Å². The summed E-state index contributed by atoms with van der Waals surface area (Å²) in [6, 6.07) is 10.9. The predicted molar refractivity (Wildman–Crippen MR) is 159 cm³/mol. The van der Waals surface area contributed by atoms with Crippen molar-refractivity contribution < 1.29 is 14.3 Å². The molecular weight excluding hydrogens is 530 g/mol. The number of nitrogens with zero attached hydrogens (tertiary/aromatic N) is 4. The Morgan fingerprint density at radius 1 is 1.20 bits per heavy atom. The molecule has 0 fully saturated rings. The van der Waals surface area contributed by atoms with Gasteiger partial charge in [-0.15, -0.1) is 0 Å². The summed E-state index contributed by atoms with van der Waals surface area (Å²) in [6.07, 6.45) is 2.22. The zero-order valence-corrected chi connectivity index (χ0v) is 25.2. The van der Waals surface area contributed by atoms with Gasteiger partial charge in [-0.2, -0.15) is 0 Å². The maximum absolute atomic E-state index is 13.6. The number of nitrogens with one attached hydrogen (secondary N) is 1. The highest BCUT2D eigenvalue weighted by Gasteiger charge is 2.29. The van der Waals surface area contributed by atoms with Gasteiger partial charge in [-0.25, -0.2) is 9.67 Å². The number of pyridine rings is 1. The van der Waals surface area contributed by atoms with Crippen molar-refractivity contribution in [3.05, 3.63) is 69.2 Å². The van der Waals surface area contributed by atoms with Crippen LogP contribution < -0.4 is 15.6 Å². The standard InChI is InChI=1S/C30H40ClN5O4/c1-8-40-28-23(16-21(31)18-32-28)24(37)14-15-30(3,4)17-25(38)33-26-27(20(2)19-34(5)6)35(7)36(29(26)39)22-12-10-9-11-13-22/h9-13,16,18,20H,8,14-15,17,19H2,1-7H3,(H,33,38). The lowest BCUT2D eigenvalue weighted by molar-refractivity contribution is -0.118. The fraction of sp³-hybridized carbons (Fsp3) is 0.467. The number of aromatic nitrogens is 3. The van der Waals surface area contributed by atoms with Crippen molar-refractivity contribution in [1.82, 2.24) is 19.2 Å². The van der Waals surface area contributed by atoms with E-state index in [-0.39, 0.29) is 47.6 Å². The van der Waals surface area contributed by atoms with Gasteiger partial charge in [0, 0.05) is 38.5 Å². The Kier molecular flexibility index (Phi) is 10.3. The third-order valence-electron chi connectivity index (χ3n) is 6.75. The molecule has 10 heteroatoms. The number of amides is 1. The van der Waals surface area contributed by atoms with E-state index in [0.29, 0.717) is 30.2 Å². The predicted octanol–water partition coefficient (Wildman–Crippen LogP) is 5.31. The van der Waals surface area contributed by atoms with Gasteiger partial charge < -0.3 is 15.0 Å². The number of hydrogen-bond acceptors (Lipinski definition) is 6. The maximum atomic E-state index is 13.6. The van der Waals surface area contributed by atoms with Crippen molar-refractivity contribution in [2.24, 2.45) is 12.5 Å². The Bertz CT molecular complexity index is 1400. The molecule has 2 aromatic heterocycles. The van der Waals surface area contributed by atoms with Gasteiger partial charge in [0.1, 0.15) is 5.69 Å². The Morgan fingerprint density at radius 3 is 2.50 bits per heavy atom. The minimum absolute atomic E-state index is 0.0237. The number of ether oxygens (including phenoxy) is 1. The first kappa shape index (κ1) is 31.1. The van der Waals surface area contributed by atoms with Gasteiger partial charge in [0.25, 0.3) is 5.56 Å². The van der Waals surface area contributed by atoms with Gasteiger partial charge in [-0.3, -0.25) is 19.1 Å². The summed E-state index contributed by atoms with van der Waals surface area (Å²) in [5, 5.41) is 3.28. The minimum atomic E-state index is -0.514. The second kappa shape index (κ2) is 13.3. The quantitative estimate of drug-likeness (QED) is 0.280. The Balaban J connectivity index is 1.80. The monoisotopic (exact) mass is 569 g/mol. The lowest BCUT2D eigenvalue weighted by atomic mass is 9.83. The summed E-state index contributed by atoms with van der Waals surface area (Å²) in [6.45, 7) is 8.80. The SMILES string of the molecule is CCOc1ncc(Cl)cc1C(=O)CCC(C)(C)CC(=O)Nc1c(C(C)CN(C)C)n(C)n(-c2ccccc2)c1=O. The van der Waals surface area contributed by atoms with Crippen LogP contribution in [-0.2, 0) is 11.8 Å². The van der Waals surface area contributed by atoms with E-state index in [0.717, 1.165) is 11.4 Å². The molecule has 1 unspecified atom stereocenters. The van der Waals surface area contributed by atoms with Gasteiger partial charge in [0.2, 0.25) is 11.8 Å². The molecule has 2 heterocycles. The first-order valence-corrected chi connectivity index (χ1v) is 13.9. The largest absolute Gasteiger partial charge is 0.477 e. The van der Waals surface area contributed by atoms with Gasteiger partial charge in [0.05, 0.1) is 28.6 Å². The van der Waals surface area contributed by atoms with Crippen molar-refractivity contribution in [3.8, 4) is 11.6 Å². The van der Waals surface area contributed by atoms with E-state index in [9.17, 15) is 14.4 Å². The number of halogens is 1. The molecule has 40 heavy (non-hydrogen) atoms. The fourth-order valence-electron chi connectivity index (χ4n) is 4.97. The van der Waals surface area contributed by atoms with Gasteiger partial charge in [0.15, 0.2) is 5.78 Å². The zero-order valence-electron chi connectivity index (χ0n) is 24.5. The molecule has 0 saturated carbocycles. The molecule has 3 aromatic rings. The van der Waals surface area contributed by atoms with E-state index < -0.39 is 5.41 Å². The molecule has 0 spiro atoms. The molecule has 3 rings (SSSR count). The zero-order chi connectivity index (χ0) is 29.6. The first-order valence-electron chi connectivity index (χ1n) is 13.5. The highest BCUT2D eigenvalue weighted by Crippen LogP contribution is 2.31. The number of Topliss-reactive ketones (excluding diaryl/α,β-unsaturated/α-hetero) is 1. The third kappa shape index (κ3) is 7.61. The van der Waals surface area contributed by atoms with E-state index in [1.54, 1.807) is 10.7 Å². The molecule has 9 nitrogen and oxygen atoms in total. The van der Waals surface area contributed by atoms with Crippen molar-refractivity contribution in [3.63, 3.8) is 0 Å². The number of anilines is 1. The van der Waals surface area contributed by atoms with E-state index in [1.807, 2.05) is 88.8 Å². The molecule has 1 aromatic carbocycles. The molecule has 1 N–H and O–H groups in total. The average molecular weight is 570 g/mol. The lowest BCUT2D eigenvalue weighted by Crippen LogP contribution is -2.27. The Hall–Kier alpha value is -3.43. The number of carbonyl (C=O) groups is 2. The number of ketones is 1. The molecule has 216 valence electrons. The molecule has 0 radical (unpaired) electrons. The minimum Gasteiger partial charge on any atom is -0.477 e. The number of hydrogen-bond donors (Lipinski definition) is 1. The van der Waals surface area contributed by atoms with Crippen LogP contribution in [0.3, 0.4) is 0 Å². The number of rotatable bonds is 13. The van der Waals surface area contributed by atoms with Gasteiger partial charge >= 0.3 is 0 Å². The van der Waals surface area contributed by atoms with Crippen molar-refractivity contribution in [2.75, 3.05) is 32.6 Å². The summed E-state index contributed by atoms with van der Waals surface area (Å²) < 4.78 is 8.89. The fourth-order valence-corrected chi connectivity index (χ4v) is 5.13. The summed E-state index contributed by atoms with van der Waals surface area (Å²) in [5.74, 6) is -0.200. The number of carbonyl (C=O) groups excluding carboxylic acids is 2. The summed E-state index contributed by atoms with van der Waals surface area (Å²) in [4.78, 5) is 46.1. The van der Waals surface area contributed by atoms with E-state index in [1.165, 1.54) is 6.20 Å². The van der Waals surface area contributed by atoms with Crippen molar-refractivity contribution in [1.29, 1.82) is 0 Å². The molecule has 0 aliphatic heterocycles. The smallest absolute Gasteiger partial charge is 0.295 e. The molecule has 0 aliphatic rings. The molecule has 1 amide bonds. The first-order chi connectivity index (χ1) is 18.8. The Morgan fingerprint density at radius 2 is 1.88 bits per heavy atom. The highest BCUT2D eigenvalue weighted by atomic mass is 35.5. The third-order valence-corrected chi connectivity index (χ3v) is 6.96. The highest BCUT2D eigenvalue weighted by molar-refractivity contribution is 6.30. The maximum Gasteiger partial charge on any atom is 0.295 e. The molecule has 1 atom stereocenters. The second-order valence-corrected chi connectivity index (χ2v) is 11.6. The lowest BCUT2D eigenvalue weighted by Gasteiger charge is -2.24. The van der Waals surface area contributed by atoms with Gasteiger partial charge in [-0.05, 0) is 51.1 Å². The van der Waals surface area contributed by atoms with Crippen LogP contribution in [0.4, 0.5) is 5.69 Å². The summed E-state index contributed by atoms with van der Waals surface area (Å²) >= 11 is 6.07. The molecule has 0 saturated heterocycles. The second-order valence-electron chi connectivity index (χ2n) is 11.2.